The molecule has 2 aromatic carbocycles. The van der Waals surface area contributed by atoms with E-state index in [0.717, 1.165) is 12.3 Å². The number of halogens is 1. The predicted molar refractivity (Wildman–Crippen MR) is 109 cm³/mol. The number of nitrogens with one attached hydrogen (secondary N) is 2. The van der Waals surface area contributed by atoms with E-state index < -0.39 is 39.9 Å². The van der Waals surface area contributed by atoms with Crippen LogP contribution in [-0.2, 0) is 26.2 Å². The number of rotatable bonds is 7. The van der Waals surface area contributed by atoms with Crippen LogP contribution in [0.15, 0.2) is 24.3 Å². The summed E-state index contributed by atoms with van der Waals surface area (Å²) in [5.41, 5.74) is 0.129. The van der Waals surface area contributed by atoms with Crippen LogP contribution in [0.5, 0.6) is 5.75 Å². The van der Waals surface area contributed by atoms with Crippen LogP contribution in [0.4, 0.5) is 10.1 Å². The van der Waals surface area contributed by atoms with E-state index >= 15 is 4.39 Å². The van der Waals surface area contributed by atoms with Crippen LogP contribution in [0.1, 0.15) is 31.2 Å². The lowest BCUT2D eigenvalue weighted by atomic mass is 10.0. The maximum atomic E-state index is 15.2. The van der Waals surface area contributed by atoms with Crippen molar-refractivity contribution in [3.63, 3.8) is 0 Å². The Kier molecular flexibility index (Phi) is 5.27. The van der Waals surface area contributed by atoms with Crippen LogP contribution in [0.2, 0.25) is 0 Å². The van der Waals surface area contributed by atoms with Crippen molar-refractivity contribution in [2.24, 2.45) is 5.92 Å². The maximum absolute atomic E-state index is 15.2. The number of anilines is 1. The minimum absolute atomic E-state index is 0.0737. The van der Waals surface area contributed by atoms with Crippen LogP contribution in [0.3, 0.4) is 0 Å². The van der Waals surface area contributed by atoms with E-state index in [9.17, 15) is 23.1 Å². The third-order valence-electron chi connectivity index (χ3n) is 5.38. The topological polar surface area (TPSA) is 116 Å². The van der Waals surface area contributed by atoms with Gasteiger partial charge in [0.05, 0.1) is 0 Å². The first-order valence-corrected chi connectivity index (χ1v) is 11.2. The molecule has 2 aliphatic rings. The average Bonchev–Trinajstić information content (AvgIpc) is 3.45. The quantitative estimate of drug-likeness (QED) is 0.612. The minimum atomic E-state index is -4.26. The standard InChI is InChI=1S/C20H22FN3O5S/c21-19-15-9-13(4-6-17(26)22-8-7-12-1-2-12)3-5-14(15)10-16(25)20(19)24-11-18(27)23-30(24,28)29/h3,5,9-10,12,25H,1-2,4,6-8,11H2,(H,22,26)(H,23,27). The van der Waals surface area contributed by atoms with Gasteiger partial charge in [-0.25, -0.2) is 13.4 Å². The lowest BCUT2D eigenvalue weighted by Crippen LogP contribution is -2.30. The largest absolute Gasteiger partial charge is 0.506 e. The fourth-order valence-corrected chi connectivity index (χ4v) is 4.75. The van der Waals surface area contributed by atoms with Crippen molar-refractivity contribution in [1.82, 2.24) is 10.0 Å². The number of phenols is 1. The third kappa shape index (κ3) is 4.18. The van der Waals surface area contributed by atoms with Gasteiger partial charge in [0, 0.05) is 18.4 Å². The molecule has 10 heteroatoms. The number of carbonyl (C=O) groups is 2. The predicted octanol–water partition coefficient (Wildman–Crippen LogP) is 1.71. The second kappa shape index (κ2) is 7.75. The molecule has 160 valence electrons. The number of phenolic OH excluding ortho intramolecular Hbond substituents is 1. The van der Waals surface area contributed by atoms with Crippen molar-refractivity contribution in [2.75, 3.05) is 17.4 Å². The number of fused-ring (bicyclic) bond motifs is 1. The monoisotopic (exact) mass is 435 g/mol. The summed E-state index contributed by atoms with van der Waals surface area (Å²) in [6, 6.07) is 6.11. The number of hydrogen-bond donors (Lipinski definition) is 3. The van der Waals surface area contributed by atoms with E-state index in [0.29, 0.717) is 28.2 Å². The summed E-state index contributed by atoms with van der Waals surface area (Å²) in [6.07, 6.45) is 4.11. The average molecular weight is 435 g/mol. The van der Waals surface area contributed by atoms with Crippen LogP contribution in [0.25, 0.3) is 10.8 Å². The van der Waals surface area contributed by atoms with Gasteiger partial charge in [-0.05, 0) is 41.8 Å². The first-order chi connectivity index (χ1) is 14.2. The maximum Gasteiger partial charge on any atom is 0.326 e. The zero-order valence-corrected chi connectivity index (χ0v) is 17.0. The molecule has 2 fully saturated rings. The molecule has 0 aromatic heterocycles. The second-order valence-electron chi connectivity index (χ2n) is 7.73. The minimum Gasteiger partial charge on any atom is -0.506 e. The number of carbonyl (C=O) groups excluding carboxylic acids is 2. The van der Waals surface area contributed by atoms with Gasteiger partial charge in [-0.2, -0.15) is 8.42 Å². The molecule has 0 bridgehead atoms. The van der Waals surface area contributed by atoms with Crippen LogP contribution >= 0.6 is 0 Å². The van der Waals surface area contributed by atoms with Crippen LogP contribution < -0.4 is 14.3 Å². The molecule has 1 heterocycles. The Balaban J connectivity index is 1.54. The number of aromatic hydroxyl groups is 1. The molecule has 0 radical (unpaired) electrons. The van der Waals surface area contributed by atoms with Gasteiger partial charge in [-0.3, -0.25) is 9.59 Å². The Labute approximate surface area is 173 Å². The molecule has 3 N–H and O–H groups in total. The molecule has 8 nitrogen and oxygen atoms in total. The van der Waals surface area contributed by atoms with Gasteiger partial charge in [0.2, 0.25) is 5.91 Å². The molecule has 4 rings (SSSR count). The lowest BCUT2D eigenvalue weighted by molar-refractivity contribution is -0.121. The van der Waals surface area contributed by atoms with E-state index in [2.05, 4.69) is 5.32 Å². The smallest absolute Gasteiger partial charge is 0.326 e. The molecule has 1 saturated carbocycles. The summed E-state index contributed by atoms with van der Waals surface area (Å²) in [5, 5.41) is 13.6. The SMILES string of the molecule is O=C(CCc1ccc2cc(O)c(N3CC(=O)NS3(=O)=O)c(F)c2c1)NCCC1CC1. The van der Waals surface area contributed by atoms with E-state index in [1.807, 2.05) is 0 Å². The molecule has 1 aliphatic carbocycles. The van der Waals surface area contributed by atoms with Crippen LogP contribution in [0, 0.1) is 11.7 Å². The molecule has 1 aliphatic heterocycles. The number of hydrogen-bond acceptors (Lipinski definition) is 5. The normalized spacial score (nSPS) is 17.9. The number of amides is 2. The highest BCUT2D eigenvalue weighted by atomic mass is 32.2. The first kappa shape index (κ1) is 20.4. The zero-order chi connectivity index (χ0) is 21.5. The van der Waals surface area contributed by atoms with E-state index in [1.165, 1.54) is 25.0 Å². The summed E-state index contributed by atoms with van der Waals surface area (Å²) in [6.45, 7) is 0.0502. The highest BCUT2D eigenvalue weighted by molar-refractivity contribution is 7.92. The fraction of sp³-hybridized carbons (Fsp3) is 0.400. The van der Waals surface area contributed by atoms with Gasteiger partial charge in [0.25, 0.3) is 5.91 Å². The Hall–Kier alpha value is -2.88. The zero-order valence-electron chi connectivity index (χ0n) is 16.2. The summed E-state index contributed by atoms with van der Waals surface area (Å²) in [5.74, 6) is -1.67. The second-order valence-corrected chi connectivity index (χ2v) is 9.33. The van der Waals surface area contributed by atoms with Crippen molar-refractivity contribution in [3.05, 3.63) is 35.6 Å². The lowest BCUT2D eigenvalue weighted by Gasteiger charge is -2.18. The van der Waals surface area contributed by atoms with E-state index in [4.69, 9.17) is 0 Å². The van der Waals surface area contributed by atoms with Crippen molar-refractivity contribution < 1.29 is 27.5 Å². The first-order valence-electron chi connectivity index (χ1n) is 9.79. The van der Waals surface area contributed by atoms with Gasteiger partial charge in [-0.1, -0.05) is 25.0 Å². The Morgan fingerprint density at radius 2 is 2.07 bits per heavy atom. The molecule has 30 heavy (non-hydrogen) atoms. The Bertz CT molecular complexity index is 1130. The molecular weight excluding hydrogens is 413 g/mol. The highest BCUT2D eigenvalue weighted by Crippen LogP contribution is 2.38. The molecule has 2 amide bonds. The van der Waals surface area contributed by atoms with Crippen molar-refractivity contribution in [3.8, 4) is 5.75 Å². The van der Waals surface area contributed by atoms with Gasteiger partial charge in [-0.15, -0.1) is 0 Å². The highest BCUT2D eigenvalue weighted by Gasteiger charge is 2.37. The summed E-state index contributed by atoms with van der Waals surface area (Å²) >= 11 is 0. The molecular formula is C20H22FN3O5S. The molecule has 0 spiro atoms. The van der Waals surface area contributed by atoms with Gasteiger partial charge >= 0.3 is 10.2 Å². The van der Waals surface area contributed by atoms with Crippen molar-refractivity contribution >= 4 is 38.5 Å². The van der Waals surface area contributed by atoms with E-state index in [1.54, 1.807) is 16.9 Å². The summed E-state index contributed by atoms with van der Waals surface area (Å²) in [7, 11) is -4.26. The Morgan fingerprint density at radius 3 is 2.73 bits per heavy atom. The number of aryl methyl sites for hydroxylation is 1. The molecule has 2 aromatic rings. The Morgan fingerprint density at radius 1 is 1.30 bits per heavy atom. The fourth-order valence-electron chi connectivity index (χ4n) is 3.58. The summed E-state index contributed by atoms with van der Waals surface area (Å²) < 4.78 is 41.6. The van der Waals surface area contributed by atoms with Crippen LogP contribution in [-0.4, -0.2) is 38.4 Å². The third-order valence-corrected chi connectivity index (χ3v) is 6.76. The molecule has 0 atom stereocenters. The van der Waals surface area contributed by atoms with Gasteiger partial charge < -0.3 is 10.4 Å². The number of benzene rings is 2. The van der Waals surface area contributed by atoms with Crippen molar-refractivity contribution in [1.29, 1.82) is 0 Å². The van der Waals surface area contributed by atoms with Gasteiger partial charge in [0.15, 0.2) is 5.82 Å². The summed E-state index contributed by atoms with van der Waals surface area (Å²) in [4.78, 5) is 23.5. The molecule has 0 unspecified atom stereocenters. The van der Waals surface area contributed by atoms with Crippen molar-refractivity contribution in [2.45, 2.75) is 32.1 Å². The van der Waals surface area contributed by atoms with E-state index in [-0.39, 0.29) is 17.7 Å². The number of nitrogens with zero attached hydrogens (tertiary/aromatic N) is 1. The van der Waals surface area contributed by atoms with Gasteiger partial charge in [0.1, 0.15) is 18.0 Å². The molecule has 1 saturated heterocycles.